The number of hydrogen-bond donors (Lipinski definition) is 0. The number of halogens is 1. The van der Waals surface area contributed by atoms with Crippen LogP contribution in [0.3, 0.4) is 0 Å². The Hall–Kier alpha value is -1.28. The zero-order valence-corrected chi connectivity index (χ0v) is 24.7. The first kappa shape index (κ1) is 27.3. The molecule has 37 heavy (non-hydrogen) atoms. The first-order valence-electron chi connectivity index (χ1n) is 15.3. The van der Waals surface area contributed by atoms with Gasteiger partial charge in [0, 0.05) is 6.42 Å². The van der Waals surface area contributed by atoms with Crippen molar-refractivity contribution in [1.82, 2.24) is 0 Å². The molecule has 2 nitrogen and oxygen atoms in total. The van der Waals surface area contributed by atoms with E-state index < -0.39 is 0 Å². The minimum Gasteiger partial charge on any atom is -0.458 e. The van der Waals surface area contributed by atoms with Crippen LogP contribution in [0.1, 0.15) is 116 Å². The van der Waals surface area contributed by atoms with E-state index in [-0.39, 0.29) is 17.5 Å². The Morgan fingerprint density at radius 3 is 2.57 bits per heavy atom. The van der Waals surface area contributed by atoms with Crippen molar-refractivity contribution >= 4 is 17.6 Å². The highest BCUT2D eigenvalue weighted by Gasteiger charge is 2.59. The first-order valence-corrected chi connectivity index (χ1v) is 15.7. The molecule has 0 amide bonds. The van der Waals surface area contributed by atoms with E-state index in [1.807, 2.05) is 12.1 Å². The van der Waals surface area contributed by atoms with Gasteiger partial charge in [-0.3, -0.25) is 0 Å². The van der Waals surface area contributed by atoms with Gasteiger partial charge in [0.05, 0.1) is 10.6 Å². The lowest BCUT2D eigenvalue weighted by atomic mass is 9.47. The third kappa shape index (κ3) is 5.06. The molecule has 4 aliphatic rings. The summed E-state index contributed by atoms with van der Waals surface area (Å²) in [5.41, 5.74) is 2.86. The molecular weight excluding hydrogens is 476 g/mol. The second kappa shape index (κ2) is 10.7. The van der Waals surface area contributed by atoms with Crippen molar-refractivity contribution in [2.45, 2.75) is 111 Å². The third-order valence-corrected chi connectivity index (χ3v) is 12.0. The second-order valence-corrected chi connectivity index (χ2v) is 14.4. The molecule has 5 rings (SSSR count). The van der Waals surface area contributed by atoms with E-state index in [2.05, 4.69) is 40.7 Å². The summed E-state index contributed by atoms with van der Waals surface area (Å²) < 4.78 is 6.00. The molecule has 3 heteroatoms. The topological polar surface area (TPSA) is 26.3 Å². The molecule has 204 valence electrons. The number of benzene rings is 1. The van der Waals surface area contributed by atoms with E-state index >= 15 is 0 Å². The lowest BCUT2D eigenvalue weighted by Crippen LogP contribution is -2.51. The van der Waals surface area contributed by atoms with Gasteiger partial charge in [0.1, 0.15) is 6.10 Å². The zero-order valence-electron chi connectivity index (χ0n) is 23.9. The number of ether oxygens (including phenoxy) is 1. The normalized spacial score (nSPS) is 37.8. The monoisotopic (exact) mass is 524 g/mol. The van der Waals surface area contributed by atoms with Gasteiger partial charge in [-0.05, 0) is 103 Å². The first-order chi connectivity index (χ1) is 17.6. The van der Waals surface area contributed by atoms with Crippen molar-refractivity contribution in [3.05, 3.63) is 46.5 Å². The Morgan fingerprint density at radius 1 is 1.03 bits per heavy atom. The van der Waals surface area contributed by atoms with Crippen molar-refractivity contribution in [1.29, 1.82) is 0 Å². The molecule has 0 bridgehead atoms. The Labute approximate surface area is 231 Å². The fraction of sp³-hybridized carbons (Fsp3) is 0.735. The smallest absolute Gasteiger partial charge is 0.339 e. The minimum absolute atomic E-state index is 0.0314. The van der Waals surface area contributed by atoms with Crippen molar-refractivity contribution in [3.8, 4) is 0 Å². The Kier molecular flexibility index (Phi) is 7.90. The quantitative estimate of drug-likeness (QED) is 0.262. The summed E-state index contributed by atoms with van der Waals surface area (Å²) in [6.45, 7) is 12.5. The molecule has 0 N–H and O–H groups in total. The maximum atomic E-state index is 12.8. The minimum atomic E-state index is -0.276. The summed E-state index contributed by atoms with van der Waals surface area (Å²) in [4.78, 5) is 12.8. The van der Waals surface area contributed by atoms with Gasteiger partial charge in [-0.1, -0.05) is 89.3 Å². The lowest BCUT2D eigenvalue weighted by Gasteiger charge is -2.58. The van der Waals surface area contributed by atoms with Crippen molar-refractivity contribution in [2.24, 2.45) is 46.3 Å². The summed E-state index contributed by atoms with van der Waals surface area (Å²) in [7, 11) is 0. The van der Waals surface area contributed by atoms with Crippen molar-refractivity contribution in [2.75, 3.05) is 0 Å². The van der Waals surface area contributed by atoms with Crippen LogP contribution in [0.25, 0.3) is 0 Å². The molecule has 0 unspecified atom stereocenters. The van der Waals surface area contributed by atoms with E-state index in [1.165, 1.54) is 51.4 Å². The number of esters is 1. The fourth-order valence-corrected chi connectivity index (χ4v) is 9.81. The molecule has 0 radical (unpaired) electrons. The largest absolute Gasteiger partial charge is 0.458 e. The fourth-order valence-electron chi connectivity index (χ4n) is 9.59. The summed E-state index contributed by atoms with van der Waals surface area (Å²) in [6, 6.07) is 7.22. The van der Waals surface area contributed by atoms with Crippen molar-refractivity contribution < 1.29 is 9.53 Å². The molecule has 4 aliphatic carbocycles. The standard InChI is InChI=1S/C34H49ClO2/c1-22(2)9-8-10-23(3)28-15-16-29-26-14-13-24-21-25(37-32(36)27-11-6-7-12-31(27)35)17-19-33(24,4)30(26)18-20-34(28,29)5/h6-7,11-13,22-23,25-26,28-30H,8-10,14-21H2,1-5H3/t23-,25+,26-,28+,29-,30-,33+,34+/m1/s1. The maximum Gasteiger partial charge on any atom is 0.339 e. The number of allylic oxidation sites excluding steroid dienone is 1. The van der Waals surface area contributed by atoms with Gasteiger partial charge in [-0.2, -0.15) is 0 Å². The van der Waals surface area contributed by atoms with Gasteiger partial charge in [-0.15, -0.1) is 0 Å². The summed E-state index contributed by atoms with van der Waals surface area (Å²) in [5, 5.41) is 0.474. The van der Waals surface area contributed by atoms with Crippen molar-refractivity contribution in [3.63, 3.8) is 0 Å². The van der Waals surface area contributed by atoms with Gasteiger partial charge in [0.25, 0.3) is 0 Å². The van der Waals surface area contributed by atoms with Crippen LogP contribution in [0.4, 0.5) is 0 Å². The molecule has 3 fully saturated rings. The highest BCUT2D eigenvalue weighted by Crippen LogP contribution is 2.67. The summed E-state index contributed by atoms with van der Waals surface area (Å²) in [5.74, 6) is 4.83. The average Bonchev–Trinajstić information content (AvgIpc) is 3.21. The molecule has 1 aromatic rings. The van der Waals surface area contributed by atoms with Crippen LogP contribution in [0.15, 0.2) is 35.9 Å². The van der Waals surface area contributed by atoms with E-state index in [4.69, 9.17) is 16.3 Å². The predicted octanol–water partition coefficient (Wildman–Crippen LogP) is 9.91. The highest BCUT2D eigenvalue weighted by molar-refractivity contribution is 6.33. The number of fused-ring (bicyclic) bond motifs is 5. The Morgan fingerprint density at radius 2 is 1.81 bits per heavy atom. The van der Waals surface area contributed by atoms with Crippen LogP contribution in [0.5, 0.6) is 0 Å². The molecular formula is C34H49ClO2. The van der Waals surface area contributed by atoms with Gasteiger partial charge < -0.3 is 4.74 Å². The molecule has 1 aromatic carbocycles. The van der Waals surface area contributed by atoms with Crippen LogP contribution in [0.2, 0.25) is 5.02 Å². The number of carbonyl (C=O) groups excluding carboxylic acids is 1. The molecule has 0 aliphatic heterocycles. The van der Waals surface area contributed by atoms with Crippen LogP contribution in [0, 0.1) is 46.3 Å². The van der Waals surface area contributed by atoms with Gasteiger partial charge in [-0.25, -0.2) is 4.79 Å². The molecule has 0 spiro atoms. The second-order valence-electron chi connectivity index (χ2n) is 14.0. The zero-order chi connectivity index (χ0) is 26.4. The van der Waals surface area contributed by atoms with E-state index in [0.29, 0.717) is 16.0 Å². The number of carbonyl (C=O) groups is 1. The van der Waals surface area contributed by atoms with Crippen LogP contribution in [-0.4, -0.2) is 12.1 Å². The maximum absolute atomic E-state index is 12.8. The predicted molar refractivity (Wildman–Crippen MR) is 154 cm³/mol. The number of rotatable bonds is 7. The van der Waals surface area contributed by atoms with Gasteiger partial charge in [0.2, 0.25) is 0 Å². The van der Waals surface area contributed by atoms with E-state index in [9.17, 15) is 4.79 Å². The molecule has 8 atom stereocenters. The molecule has 0 aromatic heterocycles. The van der Waals surface area contributed by atoms with Gasteiger partial charge in [0.15, 0.2) is 0 Å². The summed E-state index contributed by atoms with van der Waals surface area (Å²) >= 11 is 6.26. The number of hydrogen-bond acceptors (Lipinski definition) is 2. The van der Waals surface area contributed by atoms with Crippen LogP contribution >= 0.6 is 11.6 Å². The Balaban J connectivity index is 1.26. The van der Waals surface area contributed by atoms with Crippen LogP contribution < -0.4 is 0 Å². The molecule has 3 saturated carbocycles. The van der Waals surface area contributed by atoms with E-state index in [0.717, 1.165) is 54.8 Å². The molecule has 0 saturated heterocycles. The van der Waals surface area contributed by atoms with Crippen LogP contribution in [-0.2, 0) is 4.74 Å². The SMILES string of the molecule is CC(C)CCC[C@@H](C)[C@@H]1CC[C@@H]2[C@H]3CC=C4C[C@@H](OC(=O)c5ccccc5Cl)CC[C@]4(C)[C@@H]3CC[C@]21C. The van der Waals surface area contributed by atoms with Gasteiger partial charge >= 0.3 is 5.97 Å². The summed E-state index contributed by atoms with van der Waals surface area (Å²) in [6.07, 6.45) is 16.6. The molecule has 0 heterocycles. The highest BCUT2D eigenvalue weighted by atomic mass is 35.5. The Bertz CT molecular complexity index is 1010. The lowest BCUT2D eigenvalue weighted by molar-refractivity contribution is -0.0594. The average molecular weight is 525 g/mol. The van der Waals surface area contributed by atoms with E-state index in [1.54, 1.807) is 17.7 Å². The third-order valence-electron chi connectivity index (χ3n) is 11.6.